The summed E-state index contributed by atoms with van der Waals surface area (Å²) >= 11 is 0. The summed E-state index contributed by atoms with van der Waals surface area (Å²) in [7, 11) is 0. The van der Waals surface area contributed by atoms with Crippen molar-refractivity contribution in [2.45, 2.75) is 90.5 Å². The maximum Gasteiger partial charge on any atom is 0.0710 e. The van der Waals surface area contributed by atoms with Crippen LogP contribution < -0.4 is 5.32 Å². The highest BCUT2D eigenvalue weighted by molar-refractivity contribution is 4.96. The lowest BCUT2D eigenvalue weighted by molar-refractivity contribution is -0.0447. The molecule has 3 atom stereocenters. The van der Waals surface area contributed by atoms with E-state index in [1.165, 1.54) is 25.7 Å². The standard InChI is InChI=1S/C18H36N2O/c1-7-18(6)13-20(15(11-19-18)10-14(2)3)12-16-8-9-17(4,5)21-16/h14-16,19H,7-13H2,1-6H3. The molecule has 3 nitrogen and oxygen atoms in total. The molecule has 0 aromatic carbocycles. The summed E-state index contributed by atoms with van der Waals surface area (Å²) in [5.41, 5.74) is 0.349. The second-order valence-electron chi connectivity index (χ2n) is 8.55. The molecule has 2 saturated heterocycles. The van der Waals surface area contributed by atoms with Crippen LogP contribution in [0, 0.1) is 5.92 Å². The molecule has 124 valence electrons. The Morgan fingerprint density at radius 3 is 2.52 bits per heavy atom. The van der Waals surface area contributed by atoms with E-state index in [-0.39, 0.29) is 11.1 Å². The van der Waals surface area contributed by atoms with Crippen LogP contribution in [0.4, 0.5) is 0 Å². The molecule has 2 aliphatic heterocycles. The van der Waals surface area contributed by atoms with Crippen LogP contribution in [-0.2, 0) is 4.74 Å². The summed E-state index contributed by atoms with van der Waals surface area (Å²) < 4.78 is 6.24. The van der Waals surface area contributed by atoms with Crippen molar-refractivity contribution in [1.29, 1.82) is 0 Å². The Bertz CT molecular complexity index is 342. The Kier molecular flexibility index (Phi) is 5.38. The highest BCUT2D eigenvalue weighted by atomic mass is 16.5. The summed E-state index contributed by atoms with van der Waals surface area (Å²) in [6.45, 7) is 17.2. The molecule has 1 N–H and O–H groups in total. The minimum Gasteiger partial charge on any atom is -0.371 e. The number of rotatable bonds is 5. The van der Waals surface area contributed by atoms with Crippen molar-refractivity contribution in [2.75, 3.05) is 19.6 Å². The monoisotopic (exact) mass is 296 g/mol. The van der Waals surface area contributed by atoms with Crippen molar-refractivity contribution >= 4 is 0 Å². The summed E-state index contributed by atoms with van der Waals surface area (Å²) in [6.07, 6.45) is 5.31. The van der Waals surface area contributed by atoms with Gasteiger partial charge in [0, 0.05) is 31.2 Å². The van der Waals surface area contributed by atoms with Crippen LogP contribution in [0.2, 0.25) is 0 Å². The number of ether oxygens (including phenoxy) is 1. The minimum atomic E-state index is 0.0836. The van der Waals surface area contributed by atoms with Gasteiger partial charge in [-0.1, -0.05) is 20.8 Å². The van der Waals surface area contributed by atoms with Crippen LogP contribution in [0.15, 0.2) is 0 Å². The first kappa shape index (κ1) is 17.2. The van der Waals surface area contributed by atoms with E-state index >= 15 is 0 Å². The van der Waals surface area contributed by atoms with Gasteiger partial charge in [0.25, 0.3) is 0 Å². The Labute approximate surface area is 131 Å². The van der Waals surface area contributed by atoms with Gasteiger partial charge in [0.1, 0.15) is 0 Å². The fourth-order valence-corrected chi connectivity index (χ4v) is 3.82. The van der Waals surface area contributed by atoms with Crippen molar-refractivity contribution in [3.05, 3.63) is 0 Å². The molecule has 3 heteroatoms. The molecule has 3 unspecified atom stereocenters. The third-order valence-corrected chi connectivity index (χ3v) is 5.35. The topological polar surface area (TPSA) is 24.5 Å². The number of nitrogens with zero attached hydrogens (tertiary/aromatic N) is 1. The van der Waals surface area contributed by atoms with Crippen LogP contribution in [0.3, 0.4) is 0 Å². The molecule has 0 bridgehead atoms. The summed E-state index contributed by atoms with van der Waals surface area (Å²) in [6, 6.07) is 0.664. The van der Waals surface area contributed by atoms with Crippen LogP contribution in [0.25, 0.3) is 0 Å². The van der Waals surface area contributed by atoms with Gasteiger partial charge in [-0.05, 0) is 52.4 Å². The van der Waals surface area contributed by atoms with E-state index in [0.29, 0.717) is 12.1 Å². The van der Waals surface area contributed by atoms with Crippen molar-refractivity contribution in [3.8, 4) is 0 Å². The minimum absolute atomic E-state index is 0.0836. The lowest BCUT2D eigenvalue weighted by Gasteiger charge is -2.47. The van der Waals surface area contributed by atoms with Gasteiger partial charge >= 0.3 is 0 Å². The predicted molar refractivity (Wildman–Crippen MR) is 89.7 cm³/mol. The molecular weight excluding hydrogens is 260 g/mol. The van der Waals surface area contributed by atoms with Crippen molar-refractivity contribution in [3.63, 3.8) is 0 Å². The molecule has 0 aromatic heterocycles. The van der Waals surface area contributed by atoms with Gasteiger partial charge in [-0.2, -0.15) is 0 Å². The van der Waals surface area contributed by atoms with Gasteiger partial charge in [0.05, 0.1) is 11.7 Å². The van der Waals surface area contributed by atoms with E-state index in [1.807, 2.05) is 0 Å². The van der Waals surface area contributed by atoms with E-state index in [2.05, 4.69) is 51.8 Å². The first-order valence-electron chi connectivity index (χ1n) is 8.90. The van der Waals surface area contributed by atoms with Crippen molar-refractivity contribution < 1.29 is 4.74 Å². The molecule has 0 amide bonds. The predicted octanol–water partition coefficient (Wildman–Crippen LogP) is 3.43. The quantitative estimate of drug-likeness (QED) is 0.841. The Balaban J connectivity index is 1.99. The number of hydrogen-bond donors (Lipinski definition) is 1. The maximum absolute atomic E-state index is 6.24. The SMILES string of the molecule is CCC1(C)CN(CC2CCC(C)(C)O2)C(CC(C)C)CN1. The smallest absolute Gasteiger partial charge is 0.0710 e. The van der Waals surface area contributed by atoms with E-state index in [1.54, 1.807) is 0 Å². The fraction of sp³-hybridized carbons (Fsp3) is 1.00. The number of hydrogen-bond acceptors (Lipinski definition) is 3. The molecule has 0 radical (unpaired) electrons. The van der Waals surface area contributed by atoms with Crippen molar-refractivity contribution in [1.82, 2.24) is 10.2 Å². The van der Waals surface area contributed by atoms with Crippen LogP contribution in [0.1, 0.15) is 67.2 Å². The first-order valence-corrected chi connectivity index (χ1v) is 8.90. The first-order chi connectivity index (χ1) is 9.73. The zero-order valence-electron chi connectivity index (χ0n) is 15.0. The second-order valence-corrected chi connectivity index (χ2v) is 8.55. The number of nitrogens with one attached hydrogen (secondary N) is 1. The lowest BCUT2D eigenvalue weighted by atomic mass is 9.90. The zero-order valence-corrected chi connectivity index (χ0v) is 15.0. The molecule has 0 aromatic rings. The molecular formula is C18H36N2O. The lowest BCUT2D eigenvalue weighted by Crippen LogP contribution is -2.63. The zero-order chi connectivity index (χ0) is 15.7. The largest absolute Gasteiger partial charge is 0.371 e. The highest BCUT2D eigenvalue weighted by Crippen LogP contribution is 2.31. The van der Waals surface area contributed by atoms with Gasteiger partial charge in [0.15, 0.2) is 0 Å². The Morgan fingerprint density at radius 1 is 1.29 bits per heavy atom. The maximum atomic E-state index is 6.24. The van der Waals surface area contributed by atoms with Gasteiger partial charge in [0.2, 0.25) is 0 Å². The molecule has 2 heterocycles. The summed E-state index contributed by atoms with van der Waals surface area (Å²) in [5.74, 6) is 0.756. The summed E-state index contributed by atoms with van der Waals surface area (Å²) in [4.78, 5) is 2.71. The third-order valence-electron chi connectivity index (χ3n) is 5.35. The summed E-state index contributed by atoms with van der Waals surface area (Å²) in [5, 5.41) is 3.79. The van der Waals surface area contributed by atoms with E-state index in [0.717, 1.165) is 25.6 Å². The molecule has 21 heavy (non-hydrogen) atoms. The fourth-order valence-electron chi connectivity index (χ4n) is 3.82. The normalized spacial score (nSPS) is 37.3. The van der Waals surface area contributed by atoms with Crippen molar-refractivity contribution in [2.24, 2.45) is 5.92 Å². The van der Waals surface area contributed by atoms with Gasteiger partial charge in [-0.3, -0.25) is 4.90 Å². The molecule has 0 spiro atoms. The average molecular weight is 296 g/mol. The molecule has 2 aliphatic rings. The second kappa shape index (κ2) is 6.55. The Hall–Kier alpha value is -0.120. The highest BCUT2D eigenvalue weighted by Gasteiger charge is 2.38. The van der Waals surface area contributed by atoms with E-state index in [9.17, 15) is 0 Å². The van der Waals surface area contributed by atoms with Gasteiger partial charge in [-0.25, -0.2) is 0 Å². The number of piperazine rings is 1. The molecule has 0 aliphatic carbocycles. The Morgan fingerprint density at radius 2 is 2.00 bits per heavy atom. The molecule has 0 saturated carbocycles. The van der Waals surface area contributed by atoms with Crippen LogP contribution in [0.5, 0.6) is 0 Å². The van der Waals surface area contributed by atoms with E-state index < -0.39 is 0 Å². The van der Waals surface area contributed by atoms with Crippen LogP contribution >= 0.6 is 0 Å². The molecule has 2 fully saturated rings. The third kappa shape index (κ3) is 4.67. The molecule has 2 rings (SSSR count). The van der Waals surface area contributed by atoms with Gasteiger partial charge < -0.3 is 10.1 Å². The van der Waals surface area contributed by atoms with Crippen LogP contribution in [-0.4, -0.2) is 47.8 Å². The van der Waals surface area contributed by atoms with E-state index in [4.69, 9.17) is 4.74 Å². The van der Waals surface area contributed by atoms with Gasteiger partial charge in [-0.15, -0.1) is 0 Å². The average Bonchev–Trinajstić information content (AvgIpc) is 2.72.